The molecule has 29 heavy (non-hydrogen) atoms. The molecule has 0 bridgehead atoms. The molecule has 2 aliphatic rings. The average Bonchev–Trinajstić information content (AvgIpc) is 3.23. The van der Waals surface area contributed by atoms with Gasteiger partial charge in [0.1, 0.15) is 11.5 Å². The lowest BCUT2D eigenvalue weighted by Crippen LogP contribution is -2.47. The molecular formula is C22H29N3O4. The van der Waals surface area contributed by atoms with Crippen molar-refractivity contribution in [2.75, 3.05) is 53.0 Å². The molecule has 4 rings (SSSR count). The number of hydrogen-bond donors (Lipinski definition) is 0. The van der Waals surface area contributed by atoms with Gasteiger partial charge >= 0.3 is 0 Å². The topological polar surface area (TPSA) is 68.0 Å². The average molecular weight is 399 g/mol. The van der Waals surface area contributed by atoms with Crippen molar-refractivity contribution in [3.63, 3.8) is 0 Å². The Balaban J connectivity index is 1.36. The molecule has 7 nitrogen and oxygen atoms in total. The molecule has 7 heteroatoms. The van der Waals surface area contributed by atoms with Crippen LogP contribution in [-0.4, -0.2) is 73.7 Å². The van der Waals surface area contributed by atoms with E-state index in [4.69, 9.17) is 13.9 Å². The molecule has 0 radical (unpaired) electrons. The molecular weight excluding hydrogens is 370 g/mol. The number of benzene rings is 1. The van der Waals surface area contributed by atoms with E-state index in [0.717, 1.165) is 55.4 Å². The largest absolute Gasteiger partial charge is 0.496 e. The molecule has 0 unspecified atom stereocenters. The second kappa shape index (κ2) is 9.41. The Kier molecular flexibility index (Phi) is 6.46. The zero-order chi connectivity index (χ0) is 20.1. The second-order valence-corrected chi connectivity index (χ2v) is 7.72. The highest BCUT2D eigenvalue weighted by atomic mass is 16.5. The van der Waals surface area contributed by atoms with Crippen molar-refractivity contribution >= 4 is 5.91 Å². The molecule has 0 aliphatic carbocycles. The Morgan fingerprint density at radius 2 is 2.07 bits per heavy atom. The van der Waals surface area contributed by atoms with Gasteiger partial charge in [0.05, 0.1) is 39.0 Å². The van der Waals surface area contributed by atoms with Gasteiger partial charge < -0.3 is 18.8 Å². The number of carbonyl (C=O) groups is 1. The molecule has 2 aliphatic heterocycles. The normalized spacial score (nSPS) is 20.6. The lowest BCUT2D eigenvalue weighted by molar-refractivity contribution is -0.134. The first-order valence-electron chi connectivity index (χ1n) is 10.4. The number of hydrogen-bond acceptors (Lipinski definition) is 6. The minimum absolute atomic E-state index is 0.156. The maximum Gasteiger partial charge on any atom is 0.236 e. The SMILES string of the molecule is COc1ccccc1Cc1cnc([C@@H]2CCCN(C(=O)CN3CCOCC3)C2)o1. The fraction of sp³-hybridized carbons (Fsp3) is 0.545. The van der Waals surface area contributed by atoms with Crippen LogP contribution in [0.5, 0.6) is 5.75 Å². The number of ether oxygens (including phenoxy) is 2. The molecule has 3 heterocycles. The quantitative estimate of drug-likeness (QED) is 0.743. The van der Waals surface area contributed by atoms with Gasteiger partial charge in [-0.3, -0.25) is 9.69 Å². The van der Waals surface area contributed by atoms with Gasteiger partial charge in [-0.05, 0) is 18.9 Å². The molecule has 2 aromatic rings. The van der Waals surface area contributed by atoms with Crippen LogP contribution in [0.1, 0.15) is 36.0 Å². The van der Waals surface area contributed by atoms with Crippen molar-refractivity contribution in [3.8, 4) is 5.75 Å². The number of aromatic nitrogens is 1. The summed E-state index contributed by atoms with van der Waals surface area (Å²) < 4.78 is 16.9. The van der Waals surface area contributed by atoms with Crippen LogP contribution in [0.15, 0.2) is 34.9 Å². The Hall–Kier alpha value is -2.38. The Morgan fingerprint density at radius 3 is 2.90 bits per heavy atom. The van der Waals surface area contributed by atoms with Crippen molar-refractivity contribution in [1.29, 1.82) is 0 Å². The second-order valence-electron chi connectivity index (χ2n) is 7.72. The Morgan fingerprint density at radius 1 is 1.24 bits per heavy atom. The van der Waals surface area contributed by atoms with E-state index in [0.29, 0.717) is 32.7 Å². The minimum atomic E-state index is 0.156. The maximum absolute atomic E-state index is 12.7. The molecule has 156 valence electrons. The number of likely N-dealkylation sites (tertiary alicyclic amines) is 1. The number of para-hydroxylation sites is 1. The molecule has 2 fully saturated rings. The third-order valence-corrected chi connectivity index (χ3v) is 5.71. The summed E-state index contributed by atoms with van der Waals surface area (Å²) in [6, 6.07) is 7.94. The monoisotopic (exact) mass is 399 g/mol. The zero-order valence-electron chi connectivity index (χ0n) is 17.0. The van der Waals surface area contributed by atoms with Gasteiger partial charge in [0.2, 0.25) is 5.91 Å². The van der Waals surface area contributed by atoms with Crippen LogP contribution in [0.4, 0.5) is 0 Å². The van der Waals surface area contributed by atoms with Crippen LogP contribution in [0.25, 0.3) is 0 Å². The van der Waals surface area contributed by atoms with E-state index in [-0.39, 0.29) is 11.8 Å². The molecule has 1 atom stereocenters. The fourth-order valence-corrected chi connectivity index (χ4v) is 4.09. The van der Waals surface area contributed by atoms with Gasteiger partial charge in [-0.25, -0.2) is 4.98 Å². The predicted molar refractivity (Wildman–Crippen MR) is 108 cm³/mol. The van der Waals surface area contributed by atoms with E-state index < -0.39 is 0 Å². The highest BCUT2D eigenvalue weighted by molar-refractivity contribution is 5.78. The first-order chi connectivity index (χ1) is 14.2. The Bertz CT molecular complexity index is 816. The standard InChI is InChI=1S/C22H29N3O4/c1-27-20-7-3-2-5-17(20)13-19-14-23-22(29-19)18-6-4-8-25(15-18)21(26)16-24-9-11-28-12-10-24/h2-3,5,7,14,18H,4,6,8-13,15-16H2,1H3/t18-/m1/s1. The Labute approximate surface area is 171 Å². The molecule has 0 spiro atoms. The third kappa shape index (κ3) is 4.97. The van der Waals surface area contributed by atoms with Gasteiger partial charge in [-0.15, -0.1) is 0 Å². The highest BCUT2D eigenvalue weighted by Gasteiger charge is 2.29. The number of methoxy groups -OCH3 is 1. The van der Waals surface area contributed by atoms with Crippen molar-refractivity contribution in [1.82, 2.24) is 14.8 Å². The van der Waals surface area contributed by atoms with Crippen LogP contribution in [0.3, 0.4) is 0 Å². The number of nitrogens with zero attached hydrogens (tertiary/aromatic N) is 3. The van der Waals surface area contributed by atoms with E-state index >= 15 is 0 Å². The van der Waals surface area contributed by atoms with Crippen LogP contribution in [-0.2, 0) is 16.0 Å². The summed E-state index contributed by atoms with van der Waals surface area (Å²) in [5.74, 6) is 2.75. The van der Waals surface area contributed by atoms with Crippen LogP contribution in [0, 0.1) is 0 Å². The van der Waals surface area contributed by atoms with Crippen molar-refractivity contribution in [3.05, 3.63) is 47.7 Å². The summed E-state index contributed by atoms with van der Waals surface area (Å²) in [4.78, 5) is 21.4. The van der Waals surface area contributed by atoms with Gasteiger partial charge in [0, 0.05) is 38.2 Å². The maximum atomic E-state index is 12.7. The van der Waals surface area contributed by atoms with Crippen LogP contribution < -0.4 is 4.74 Å². The third-order valence-electron chi connectivity index (χ3n) is 5.71. The number of amides is 1. The smallest absolute Gasteiger partial charge is 0.236 e. The first-order valence-corrected chi connectivity index (χ1v) is 10.4. The molecule has 0 saturated carbocycles. The number of carbonyl (C=O) groups excluding carboxylic acids is 1. The van der Waals surface area contributed by atoms with Gasteiger partial charge in [-0.2, -0.15) is 0 Å². The summed E-state index contributed by atoms with van der Waals surface area (Å²) in [5, 5.41) is 0. The number of piperidine rings is 1. The van der Waals surface area contributed by atoms with E-state index in [2.05, 4.69) is 9.88 Å². The van der Waals surface area contributed by atoms with E-state index in [9.17, 15) is 4.79 Å². The lowest BCUT2D eigenvalue weighted by Gasteiger charge is -2.34. The van der Waals surface area contributed by atoms with Crippen molar-refractivity contribution in [2.45, 2.75) is 25.2 Å². The van der Waals surface area contributed by atoms with E-state index in [1.807, 2.05) is 29.2 Å². The van der Waals surface area contributed by atoms with Crippen LogP contribution >= 0.6 is 0 Å². The molecule has 1 amide bonds. The number of morpholine rings is 1. The summed E-state index contributed by atoms with van der Waals surface area (Å²) >= 11 is 0. The van der Waals surface area contributed by atoms with E-state index in [1.54, 1.807) is 13.3 Å². The van der Waals surface area contributed by atoms with Crippen LogP contribution in [0.2, 0.25) is 0 Å². The molecule has 2 saturated heterocycles. The van der Waals surface area contributed by atoms with Crippen molar-refractivity contribution in [2.24, 2.45) is 0 Å². The summed E-state index contributed by atoms with van der Waals surface area (Å²) in [5.41, 5.74) is 1.07. The summed E-state index contributed by atoms with van der Waals surface area (Å²) in [7, 11) is 1.68. The first kappa shape index (κ1) is 19.9. The molecule has 1 aromatic carbocycles. The van der Waals surface area contributed by atoms with Gasteiger partial charge in [0.15, 0.2) is 5.89 Å². The summed E-state index contributed by atoms with van der Waals surface area (Å²) in [6.45, 7) is 5.04. The fourth-order valence-electron chi connectivity index (χ4n) is 4.09. The van der Waals surface area contributed by atoms with Gasteiger partial charge in [-0.1, -0.05) is 18.2 Å². The number of oxazole rings is 1. The van der Waals surface area contributed by atoms with Crippen molar-refractivity contribution < 1.29 is 18.7 Å². The van der Waals surface area contributed by atoms with E-state index in [1.165, 1.54) is 0 Å². The lowest BCUT2D eigenvalue weighted by atomic mass is 9.98. The van der Waals surface area contributed by atoms with Gasteiger partial charge in [0.25, 0.3) is 0 Å². The molecule has 0 N–H and O–H groups in total. The zero-order valence-corrected chi connectivity index (χ0v) is 17.0. The molecule has 1 aromatic heterocycles. The minimum Gasteiger partial charge on any atom is -0.496 e. The number of rotatable bonds is 6. The summed E-state index contributed by atoms with van der Waals surface area (Å²) in [6.07, 6.45) is 4.42. The highest BCUT2D eigenvalue weighted by Crippen LogP contribution is 2.28. The predicted octanol–water partition coefficient (Wildman–Crippen LogP) is 2.31.